The summed E-state index contributed by atoms with van der Waals surface area (Å²) < 4.78 is 40.0. The van der Waals surface area contributed by atoms with Gasteiger partial charge in [0, 0.05) is 31.1 Å². The van der Waals surface area contributed by atoms with Crippen molar-refractivity contribution in [3.8, 4) is 23.3 Å². The highest BCUT2D eigenvalue weighted by Crippen LogP contribution is 2.39. The smallest absolute Gasteiger partial charge is 0.282 e. The van der Waals surface area contributed by atoms with Crippen LogP contribution in [0, 0.1) is 24.2 Å². The number of hydrogen-bond acceptors (Lipinski definition) is 8. The molecule has 0 spiro atoms. The van der Waals surface area contributed by atoms with Crippen LogP contribution in [0.25, 0.3) is 0 Å². The average molecular weight is 484 g/mol. The van der Waals surface area contributed by atoms with Gasteiger partial charge in [0.15, 0.2) is 17.4 Å². The van der Waals surface area contributed by atoms with E-state index in [9.17, 15) is 0 Å². The summed E-state index contributed by atoms with van der Waals surface area (Å²) in [4.78, 5) is 4.64. The Bertz CT molecular complexity index is 1070. The maximum absolute atomic E-state index is 5.91. The van der Waals surface area contributed by atoms with Gasteiger partial charge in [0.1, 0.15) is 12.4 Å². The number of rotatable bonds is 9. The monoisotopic (exact) mass is 483 g/mol. The molecular formula is C27H33NO7. The first-order chi connectivity index (χ1) is 17.0. The van der Waals surface area contributed by atoms with Crippen molar-refractivity contribution in [2.24, 2.45) is 5.41 Å². The summed E-state index contributed by atoms with van der Waals surface area (Å²) in [5, 5.41) is 0. The molecule has 0 amide bonds. The molecule has 35 heavy (non-hydrogen) atoms. The SMILES string of the molecule is Cc1oc(Cc2ccc3c(c2)OCO3)nc1CCOCC#CCCCC12OCCC(C)(CO1)CO2. The van der Waals surface area contributed by atoms with E-state index >= 15 is 0 Å². The third kappa shape index (κ3) is 5.99. The Labute approximate surface area is 206 Å². The summed E-state index contributed by atoms with van der Waals surface area (Å²) in [5.74, 6) is 8.42. The molecular weight excluding hydrogens is 450 g/mol. The molecule has 0 N–H and O–H groups in total. The Morgan fingerprint density at radius 1 is 1.09 bits per heavy atom. The van der Waals surface area contributed by atoms with Crippen LogP contribution in [0.4, 0.5) is 0 Å². The normalized spacial score (nSPS) is 24.7. The van der Waals surface area contributed by atoms with Crippen molar-refractivity contribution in [3.63, 3.8) is 0 Å². The fraction of sp³-hybridized carbons (Fsp3) is 0.593. The molecule has 4 aliphatic rings. The quantitative estimate of drug-likeness (QED) is 0.389. The maximum atomic E-state index is 5.91. The summed E-state index contributed by atoms with van der Waals surface area (Å²) >= 11 is 0. The van der Waals surface area contributed by atoms with Crippen LogP contribution in [-0.2, 0) is 31.8 Å². The molecule has 0 atom stereocenters. The number of fused-ring (bicyclic) bond motifs is 5. The number of nitrogens with zero attached hydrogens (tertiary/aromatic N) is 1. The van der Waals surface area contributed by atoms with Crippen molar-refractivity contribution >= 4 is 0 Å². The lowest BCUT2D eigenvalue weighted by atomic mass is 9.89. The van der Waals surface area contributed by atoms with E-state index in [1.807, 2.05) is 25.1 Å². The Balaban J connectivity index is 0.988. The van der Waals surface area contributed by atoms with E-state index in [2.05, 4.69) is 23.7 Å². The zero-order valence-electron chi connectivity index (χ0n) is 20.5. The molecule has 1 aromatic heterocycles. The van der Waals surface area contributed by atoms with Crippen LogP contribution in [-0.4, -0.2) is 50.8 Å². The molecule has 8 nitrogen and oxygen atoms in total. The first-order valence-corrected chi connectivity index (χ1v) is 12.3. The molecule has 2 bridgehead atoms. The van der Waals surface area contributed by atoms with Crippen LogP contribution in [0.2, 0.25) is 0 Å². The van der Waals surface area contributed by atoms with E-state index in [0.717, 1.165) is 47.8 Å². The zero-order valence-corrected chi connectivity index (χ0v) is 20.5. The van der Waals surface area contributed by atoms with Gasteiger partial charge in [0.2, 0.25) is 6.79 Å². The van der Waals surface area contributed by atoms with Gasteiger partial charge in [-0.25, -0.2) is 4.98 Å². The third-order valence-electron chi connectivity index (χ3n) is 6.61. The average Bonchev–Trinajstić information content (AvgIpc) is 3.36. The highest BCUT2D eigenvalue weighted by molar-refractivity contribution is 5.45. The van der Waals surface area contributed by atoms with Crippen molar-refractivity contribution in [2.75, 3.05) is 39.8 Å². The number of aromatic nitrogens is 1. The van der Waals surface area contributed by atoms with Gasteiger partial charge in [-0.1, -0.05) is 18.9 Å². The second kappa shape index (κ2) is 10.6. The lowest BCUT2D eigenvalue weighted by Gasteiger charge is -2.39. The van der Waals surface area contributed by atoms with Crippen molar-refractivity contribution in [2.45, 2.75) is 58.3 Å². The molecule has 3 fully saturated rings. The van der Waals surface area contributed by atoms with Gasteiger partial charge in [0.25, 0.3) is 5.97 Å². The van der Waals surface area contributed by atoms with Crippen molar-refractivity contribution in [1.29, 1.82) is 0 Å². The van der Waals surface area contributed by atoms with Gasteiger partial charge in [0.05, 0.1) is 32.1 Å². The van der Waals surface area contributed by atoms with E-state index in [4.69, 9.17) is 32.8 Å². The standard InChI is InChI=1S/C27H33NO7/c1-20-22(28-25(35-20)16-21-7-8-23-24(15-21)31-19-30-23)9-13-29-12-6-4-3-5-10-27-32-14-11-26(2,17-33-27)18-34-27/h7-8,15H,3,5,9-14,16-19H2,1-2H3. The van der Waals surface area contributed by atoms with Crippen LogP contribution >= 0.6 is 0 Å². The van der Waals surface area contributed by atoms with Gasteiger partial charge in [-0.15, -0.1) is 5.92 Å². The van der Waals surface area contributed by atoms with Crippen LogP contribution in [0.5, 0.6) is 11.5 Å². The van der Waals surface area contributed by atoms with Crippen molar-refractivity contribution in [3.05, 3.63) is 41.1 Å². The molecule has 1 aromatic carbocycles. The Hall–Kier alpha value is -2.57. The minimum absolute atomic E-state index is 0.0797. The van der Waals surface area contributed by atoms with Crippen LogP contribution in [0.15, 0.2) is 22.6 Å². The molecule has 5 heterocycles. The zero-order chi connectivity index (χ0) is 24.1. The number of ether oxygens (including phenoxy) is 6. The van der Waals surface area contributed by atoms with E-state index < -0.39 is 5.97 Å². The summed E-state index contributed by atoms with van der Waals surface area (Å²) in [6.45, 7) is 7.39. The number of aryl methyl sites for hydroxylation is 1. The third-order valence-corrected chi connectivity index (χ3v) is 6.61. The highest BCUT2D eigenvalue weighted by atomic mass is 16.9. The number of unbranched alkanes of at least 4 members (excludes halogenated alkanes) is 1. The first kappa shape index (κ1) is 24.1. The lowest BCUT2D eigenvalue weighted by molar-refractivity contribution is -0.402. The summed E-state index contributed by atoms with van der Waals surface area (Å²) in [6, 6.07) is 5.89. The molecule has 0 aliphatic carbocycles. The molecule has 3 saturated heterocycles. The van der Waals surface area contributed by atoms with Gasteiger partial charge in [-0.3, -0.25) is 0 Å². The molecule has 0 unspecified atom stereocenters. The van der Waals surface area contributed by atoms with E-state index in [1.54, 1.807) is 0 Å². The topological polar surface area (TPSA) is 81.4 Å². The van der Waals surface area contributed by atoms with E-state index in [-0.39, 0.29) is 12.2 Å². The van der Waals surface area contributed by atoms with E-state index in [1.165, 1.54) is 0 Å². The van der Waals surface area contributed by atoms with E-state index in [0.29, 0.717) is 58.2 Å². The predicted octanol–water partition coefficient (Wildman–Crippen LogP) is 4.16. The van der Waals surface area contributed by atoms with Crippen LogP contribution < -0.4 is 9.47 Å². The minimum Gasteiger partial charge on any atom is -0.454 e. The van der Waals surface area contributed by atoms with Crippen LogP contribution in [0.1, 0.15) is 55.5 Å². The molecule has 0 radical (unpaired) electrons. The summed E-state index contributed by atoms with van der Waals surface area (Å²) in [6.07, 6.45) is 4.56. The molecule has 2 aromatic rings. The number of oxazole rings is 1. The first-order valence-electron chi connectivity index (χ1n) is 12.3. The van der Waals surface area contributed by atoms with Crippen molar-refractivity contribution < 1.29 is 32.8 Å². The second-order valence-corrected chi connectivity index (χ2v) is 9.65. The molecule has 8 heteroatoms. The Kier molecular flexibility index (Phi) is 7.30. The van der Waals surface area contributed by atoms with Crippen molar-refractivity contribution in [1.82, 2.24) is 4.98 Å². The van der Waals surface area contributed by atoms with Gasteiger partial charge in [-0.05, 0) is 37.5 Å². The molecule has 6 rings (SSSR count). The molecule has 0 saturated carbocycles. The minimum atomic E-state index is -0.870. The van der Waals surface area contributed by atoms with Gasteiger partial charge < -0.3 is 32.8 Å². The fourth-order valence-electron chi connectivity index (χ4n) is 4.39. The van der Waals surface area contributed by atoms with Crippen LogP contribution in [0.3, 0.4) is 0 Å². The second-order valence-electron chi connectivity index (χ2n) is 9.65. The largest absolute Gasteiger partial charge is 0.454 e. The lowest BCUT2D eigenvalue weighted by Crippen LogP contribution is -2.46. The maximum Gasteiger partial charge on any atom is 0.282 e. The summed E-state index contributed by atoms with van der Waals surface area (Å²) in [5.41, 5.74) is 2.06. The molecule has 4 aliphatic heterocycles. The summed E-state index contributed by atoms with van der Waals surface area (Å²) in [7, 11) is 0. The highest BCUT2D eigenvalue weighted by Gasteiger charge is 2.46. The number of benzene rings is 1. The molecule has 188 valence electrons. The predicted molar refractivity (Wildman–Crippen MR) is 126 cm³/mol. The van der Waals surface area contributed by atoms with Gasteiger partial charge in [-0.2, -0.15) is 0 Å². The number of hydrogen-bond donors (Lipinski definition) is 0. The van der Waals surface area contributed by atoms with Gasteiger partial charge >= 0.3 is 0 Å². The Morgan fingerprint density at radius 2 is 1.94 bits per heavy atom. The Morgan fingerprint density at radius 3 is 2.83 bits per heavy atom. The fourth-order valence-corrected chi connectivity index (χ4v) is 4.39.